The molecule has 0 bridgehead atoms. The van der Waals surface area contributed by atoms with Crippen LogP contribution in [-0.4, -0.2) is 38.8 Å². The number of hydrogen-bond acceptors (Lipinski definition) is 6. The molecule has 30 heavy (non-hydrogen) atoms. The first kappa shape index (κ1) is 20.6. The number of nitrogens with one attached hydrogen (secondary N) is 1. The summed E-state index contributed by atoms with van der Waals surface area (Å²) in [6, 6.07) is 15.7. The molecule has 0 spiro atoms. The van der Waals surface area contributed by atoms with Gasteiger partial charge in [-0.25, -0.2) is 4.68 Å². The van der Waals surface area contributed by atoms with Crippen molar-refractivity contribution in [3.05, 3.63) is 65.2 Å². The number of carbonyl (C=O) groups excluding carboxylic acids is 1. The van der Waals surface area contributed by atoms with Gasteiger partial charge in [0.2, 0.25) is 11.1 Å². The van der Waals surface area contributed by atoms with Crippen LogP contribution in [0.2, 0.25) is 0 Å². The molecule has 3 aromatic rings. The van der Waals surface area contributed by atoms with Gasteiger partial charge in [0.15, 0.2) is 0 Å². The van der Waals surface area contributed by atoms with Crippen LogP contribution in [0.3, 0.4) is 0 Å². The van der Waals surface area contributed by atoms with Crippen molar-refractivity contribution in [2.24, 2.45) is 0 Å². The molecule has 2 heterocycles. The van der Waals surface area contributed by atoms with Crippen LogP contribution in [0.4, 0.5) is 5.69 Å². The van der Waals surface area contributed by atoms with Crippen molar-refractivity contribution >= 4 is 23.4 Å². The average Bonchev–Trinajstić information content (AvgIpc) is 3.38. The molecule has 4 rings (SSSR count). The van der Waals surface area contributed by atoms with E-state index in [0.717, 1.165) is 41.8 Å². The van der Waals surface area contributed by atoms with E-state index < -0.39 is 5.25 Å². The Morgan fingerprint density at radius 2 is 2.00 bits per heavy atom. The SMILES string of the molecule is Cc1cc(C)cc(NC(=O)[C@H](Sc2nnnn2C[C@H]2CCCO2)c2ccccc2)c1. The lowest BCUT2D eigenvalue weighted by molar-refractivity contribution is -0.115. The van der Waals surface area contributed by atoms with Crippen LogP contribution in [0.5, 0.6) is 0 Å². The maximum atomic E-state index is 13.3. The maximum absolute atomic E-state index is 13.3. The molecule has 1 aromatic heterocycles. The Balaban J connectivity index is 1.56. The third-order valence-electron chi connectivity index (χ3n) is 4.95. The zero-order valence-electron chi connectivity index (χ0n) is 17.1. The summed E-state index contributed by atoms with van der Waals surface area (Å²) in [5.74, 6) is -0.108. The normalized spacial score (nSPS) is 17.1. The van der Waals surface area contributed by atoms with Crippen LogP contribution in [0.25, 0.3) is 0 Å². The third kappa shape index (κ3) is 5.06. The minimum Gasteiger partial charge on any atom is -0.376 e. The molecule has 8 heteroatoms. The van der Waals surface area contributed by atoms with Crippen molar-refractivity contribution in [1.82, 2.24) is 20.2 Å². The van der Waals surface area contributed by atoms with Crippen molar-refractivity contribution in [1.29, 1.82) is 0 Å². The van der Waals surface area contributed by atoms with E-state index in [0.29, 0.717) is 11.7 Å². The van der Waals surface area contributed by atoms with Gasteiger partial charge in [0, 0.05) is 12.3 Å². The van der Waals surface area contributed by atoms with Gasteiger partial charge in [0.05, 0.1) is 12.6 Å². The standard InChI is InChI=1S/C22H25N5O2S/c1-15-11-16(2)13-18(12-15)23-21(28)20(17-7-4-3-5-8-17)30-22-24-25-26-27(22)14-19-9-6-10-29-19/h3-5,7-8,11-13,19-20H,6,9-10,14H2,1-2H3,(H,23,28)/t19-,20-/m1/s1. The van der Waals surface area contributed by atoms with E-state index in [9.17, 15) is 4.79 Å². The van der Waals surface area contributed by atoms with Gasteiger partial charge in [-0.15, -0.1) is 5.10 Å². The molecule has 0 radical (unpaired) electrons. The van der Waals surface area contributed by atoms with Crippen LogP contribution < -0.4 is 5.32 Å². The van der Waals surface area contributed by atoms with E-state index in [1.165, 1.54) is 11.8 Å². The predicted octanol–water partition coefficient (Wildman–Crippen LogP) is 3.94. The van der Waals surface area contributed by atoms with Gasteiger partial charge in [-0.2, -0.15) is 0 Å². The first-order chi connectivity index (χ1) is 14.6. The van der Waals surface area contributed by atoms with Crippen molar-refractivity contribution in [2.45, 2.75) is 49.7 Å². The van der Waals surface area contributed by atoms with Gasteiger partial charge in [-0.3, -0.25) is 4.79 Å². The lowest BCUT2D eigenvalue weighted by Gasteiger charge is -2.17. The van der Waals surface area contributed by atoms with Crippen LogP contribution in [0, 0.1) is 13.8 Å². The first-order valence-corrected chi connectivity index (χ1v) is 10.9. The Morgan fingerprint density at radius 1 is 1.23 bits per heavy atom. The quantitative estimate of drug-likeness (QED) is 0.580. The zero-order chi connectivity index (χ0) is 20.9. The number of aromatic nitrogens is 4. The molecule has 0 saturated carbocycles. The monoisotopic (exact) mass is 423 g/mol. The van der Waals surface area contributed by atoms with Crippen LogP contribution in [0.1, 0.15) is 34.8 Å². The third-order valence-corrected chi connectivity index (χ3v) is 6.18. The summed E-state index contributed by atoms with van der Waals surface area (Å²) >= 11 is 1.35. The highest BCUT2D eigenvalue weighted by atomic mass is 32.2. The lowest BCUT2D eigenvalue weighted by Crippen LogP contribution is -2.21. The highest BCUT2D eigenvalue weighted by molar-refractivity contribution is 8.00. The molecule has 7 nitrogen and oxygen atoms in total. The fourth-order valence-electron chi connectivity index (χ4n) is 3.64. The molecule has 1 amide bonds. The number of amides is 1. The summed E-state index contributed by atoms with van der Waals surface area (Å²) in [6.07, 6.45) is 2.17. The molecule has 2 atom stereocenters. The predicted molar refractivity (Wildman–Crippen MR) is 116 cm³/mol. The Morgan fingerprint density at radius 3 is 2.70 bits per heavy atom. The number of ether oxygens (including phenoxy) is 1. The molecular weight excluding hydrogens is 398 g/mol. The number of rotatable bonds is 7. The van der Waals surface area contributed by atoms with Gasteiger partial charge in [0.25, 0.3) is 0 Å². The summed E-state index contributed by atoms with van der Waals surface area (Å²) in [6.45, 7) is 5.41. The first-order valence-electron chi connectivity index (χ1n) is 10.1. The molecule has 156 valence electrons. The van der Waals surface area contributed by atoms with Crippen molar-refractivity contribution in [3.8, 4) is 0 Å². The minimum absolute atomic E-state index is 0.108. The summed E-state index contributed by atoms with van der Waals surface area (Å²) in [4.78, 5) is 13.3. The minimum atomic E-state index is -0.485. The molecule has 1 aliphatic rings. The molecular formula is C22H25N5O2S. The summed E-state index contributed by atoms with van der Waals surface area (Å²) < 4.78 is 7.45. The van der Waals surface area contributed by atoms with Gasteiger partial charge >= 0.3 is 0 Å². The highest BCUT2D eigenvalue weighted by Gasteiger charge is 2.26. The number of aryl methyl sites for hydroxylation is 2. The molecule has 2 aromatic carbocycles. The van der Waals surface area contributed by atoms with Gasteiger partial charge in [-0.1, -0.05) is 48.2 Å². The van der Waals surface area contributed by atoms with E-state index in [1.54, 1.807) is 4.68 Å². The average molecular weight is 424 g/mol. The van der Waals surface area contributed by atoms with E-state index in [-0.39, 0.29) is 12.0 Å². The second kappa shape index (κ2) is 9.40. The number of benzene rings is 2. The highest BCUT2D eigenvalue weighted by Crippen LogP contribution is 2.35. The Hall–Kier alpha value is -2.71. The van der Waals surface area contributed by atoms with Gasteiger partial charge < -0.3 is 10.1 Å². The van der Waals surface area contributed by atoms with E-state index >= 15 is 0 Å². The summed E-state index contributed by atoms with van der Waals surface area (Å²) in [5.41, 5.74) is 3.90. The fraction of sp³-hybridized carbons (Fsp3) is 0.364. The van der Waals surface area contributed by atoms with E-state index in [1.807, 2.05) is 56.3 Å². The molecule has 1 saturated heterocycles. The van der Waals surface area contributed by atoms with Gasteiger partial charge in [0.1, 0.15) is 5.25 Å². The summed E-state index contributed by atoms with van der Waals surface area (Å²) in [5, 5.41) is 15.3. The van der Waals surface area contributed by atoms with Crippen molar-refractivity contribution in [3.63, 3.8) is 0 Å². The number of hydrogen-bond donors (Lipinski definition) is 1. The molecule has 0 unspecified atom stereocenters. The molecule has 1 fully saturated rings. The lowest BCUT2D eigenvalue weighted by atomic mass is 10.1. The molecule has 0 aliphatic carbocycles. The molecule has 1 aliphatic heterocycles. The number of carbonyl (C=O) groups is 1. The number of thioether (sulfide) groups is 1. The van der Waals surface area contributed by atoms with Crippen LogP contribution in [-0.2, 0) is 16.1 Å². The topological polar surface area (TPSA) is 81.9 Å². The van der Waals surface area contributed by atoms with Crippen molar-refractivity contribution < 1.29 is 9.53 Å². The number of nitrogens with zero attached hydrogens (tertiary/aromatic N) is 4. The van der Waals surface area contributed by atoms with Crippen LogP contribution >= 0.6 is 11.8 Å². The second-order valence-electron chi connectivity index (χ2n) is 7.55. The Bertz CT molecular complexity index is 982. The Labute approximate surface area is 180 Å². The molecule has 1 N–H and O–H groups in total. The number of tetrazole rings is 1. The van der Waals surface area contributed by atoms with Crippen LogP contribution in [0.15, 0.2) is 53.7 Å². The largest absolute Gasteiger partial charge is 0.376 e. The summed E-state index contributed by atoms with van der Waals surface area (Å²) in [7, 11) is 0. The van der Waals surface area contributed by atoms with E-state index in [2.05, 4.69) is 26.9 Å². The van der Waals surface area contributed by atoms with Gasteiger partial charge in [-0.05, 0) is 65.9 Å². The zero-order valence-corrected chi connectivity index (χ0v) is 17.9. The number of anilines is 1. The second-order valence-corrected chi connectivity index (χ2v) is 8.63. The fourth-order valence-corrected chi connectivity index (χ4v) is 4.62. The van der Waals surface area contributed by atoms with Crippen molar-refractivity contribution in [2.75, 3.05) is 11.9 Å². The van der Waals surface area contributed by atoms with E-state index in [4.69, 9.17) is 4.74 Å². The smallest absolute Gasteiger partial charge is 0.242 e. The Kier molecular flexibility index (Phi) is 6.44. The maximum Gasteiger partial charge on any atom is 0.242 e.